The van der Waals surface area contributed by atoms with Crippen molar-refractivity contribution in [2.45, 2.75) is 5.54 Å². The second-order valence-corrected chi connectivity index (χ2v) is 4.24. The van der Waals surface area contributed by atoms with E-state index in [0.29, 0.717) is 0 Å². The van der Waals surface area contributed by atoms with E-state index in [-0.39, 0.29) is 5.97 Å². The summed E-state index contributed by atoms with van der Waals surface area (Å²) in [7, 11) is 1.37. The van der Waals surface area contributed by atoms with E-state index >= 15 is 0 Å². The first-order valence-corrected chi connectivity index (χ1v) is 5.54. The van der Waals surface area contributed by atoms with Gasteiger partial charge in [0.05, 0.1) is 7.11 Å². The number of carbonyl (C=O) groups excluding carboxylic acids is 1. The lowest BCUT2D eigenvalue weighted by Gasteiger charge is -2.25. The van der Waals surface area contributed by atoms with Gasteiger partial charge in [-0.15, -0.1) is 0 Å². The molecular formula is C11H11BrN2O2. The largest absolute Gasteiger partial charge is 0.467 e. The summed E-state index contributed by atoms with van der Waals surface area (Å²) >= 11 is 3.43. The molecule has 0 spiro atoms. The molecule has 84 valence electrons. The van der Waals surface area contributed by atoms with Crippen molar-refractivity contribution in [1.82, 2.24) is 10.9 Å². The molecule has 0 radical (unpaired) electrons. The van der Waals surface area contributed by atoms with E-state index in [9.17, 15) is 4.79 Å². The molecule has 1 aromatic carbocycles. The van der Waals surface area contributed by atoms with Gasteiger partial charge < -0.3 is 10.2 Å². The van der Waals surface area contributed by atoms with Gasteiger partial charge in [-0.05, 0) is 12.1 Å². The molecule has 0 saturated heterocycles. The van der Waals surface area contributed by atoms with Gasteiger partial charge >= 0.3 is 5.97 Å². The van der Waals surface area contributed by atoms with Crippen molar-refractivity contribution in [3.8, 4) is 0 Å². The quantitative estimate of drug-likeness (QED) is 0.806. The monoisotopic (exact) mass is 282 g/mol. The Morgan fingerprint density at radius 3 is 2.75 bits per heavy atom. The van der Waals surface area contributed by atoms with Crippen LogP contribution in [0.5, 0.6) is 0 Å². The van der Waals surface area contributed by atoms with Crippen LogP contribution in [0.15, 0.2) is 41.0 Å². The Morgan fingerprint density at radius 2 is 2.19 bits per heavy atom. The molecule has 0 saturated carbocycles. The molecule has 16 heavy (non-hydrogen) atoms. The van der Waals surface area contributed by atoms with Crippen LogP contribution >= 0.6 is 15.9 Å². The number of benzene rings is 1. The van der Waals surface area contributed by atoms with Gasteiger partial charge in [0.1, 0.15) is 0 Å². The Bertz CT molecular complexity index is 447. The highest BCUT2D eigenvalue weighted by atomic mass is 79.9. The molecule has 0 bridgehead atoms. The predicted molar refractivity (Wildman–Crippen MR) is 63.2 cm³/mol. The van der Waals surface area contributed by atoms with E-state index in [1.165, 1.54) is 7.11 Å². The molecule has 2 rings (SSSR count). The zero-order valence-electron chi connectivity index (χ0n) is 8.66. The van der Waals surface area contributed by atoms with E-state index in [2.05, 4.69) is 26.8 Å². The fraction of sp³-hybridized carbons (Fsp3) is 0.182. The fourth-order valence-electron chi connectivity index (χ4n) is 1.69. The summed E-state index contributed by atoms with van der Waals surface area (Å²) in [5.74, 6) is -0.361. The maximum Gasteiger partial charge on any atom is 0.336 e. The van der Waals surface area contributed by atoms with Crippen LogP contribution in [0.4, 0.5) is 0 Å². The van der Waals surface area contributed by atoms with E-state index in [1.54, 1.807) is 12.3 Å². The van der Waals surface area contributed by atoms with Crippen molar-refractivity contribution in [2.24, 2.45) is 0 Å². The number of carbonyl (C=O) groups is 1. The Balaban J connectivity index is 2.53. The van der Waals surface area contributed by atoms with Gasteiger partial charge in [0, 0.05) is 16.2 Å². The second-order valence-electron chi connectivity index (χ2n) is 3.38. The Kier molecular flexibility index (Phi) is 2.98. The number of halogens is 1. The van der Waals surface area contributed by atoms with Crippen molar-refractivity contribution in [2.75, 3.05) is 7.11 Å². The van der Waals surface area contributed by atoms with Gasteiger partial charge in [-0.3, -0.25) is 0 Å². The lowest BCUT2D eigenvalue weighted by Crippen LogP contribution is -2.49. The van der Waals surface area contributed by atoms with Crippen LogP contribution in [0.3, 0.4) is 0 Å². The van der Waals surface area contributed by atoms with Crippen LogP contribution in [0.2, 0.25) is 0 Å². The number of rotatable bonds is 2. The third kappa shape index (κ3) is 1.62. The van der Waals surface area contributed by atoms with Gasteiger partial charge in [-0.25, -0.2) is 10.2 Å². The number of nitrogens with one attached hydrogen (secondary N) is 2. The zero-order valence-corrected chi connectivity index (χ0v) is 10.2. The topological polar surface area (TPSA) is 50.4 Å². The fourth-order valence-corrected chi connectivity index (χ4v) is 2.29. The average molecular weight is 283 g/mol. The molecule has 1 unspecified atom stereocenters. The van der Waals surface area contributed by atoms with E-state index in [0.717, 1.165) is 10.0 Å². The first-order chi connectivity index (χ1) is 7.70. The highest BCUT2D eigenvalue weighted by Gasteiger charge is 2.42. The van der Waals surface area contributed by atoms with E-state index in [1.807, 2.05) is 24.3 Å². The van der Waals surface area contributed by atoms with Crippen molar-refractivity contribution < 1.29 is 9.53 Å². The summed E-state index contributed by atoms with van der Waals surface area (Å²) in [5.41, 5.74) is 5.56. The summed E-state index contributed by atoms with van der Waals surface area (Å²) in [5, 5.41) is 0. The van der Waals surface area contributed by atoms with E-state index in [4.69, 9.17) is 4.74 Å². The minimum atomic E-state index is -0.963. The van der Waals surface area contributed by atoms with Crippen LogP contribution in [-0.4, -0.2) is 13.1 Å². The lowest BCUT2D eigenvalue weighted by molar-refractivity contribution is -0.146. The Labute approximate surface area is 102 Å². The van der Waals surface area contributed by atoms with Crippen LogP contribution in [0.1, 0.15) is 5.56 Å². The molecule has 1 heterocycles. The van der Waals surface area contributed by atoms with Gasteiger partial charge in [0.25, 0.3) is 0 Å². The molecule has 0 aliphatic carbocycles. The van der Waals surface area contributed by atoms with Crippen molar-refractivity contribution in [1.29, 1.82) is 0 Å². The summed E-state index contributed by atoms with van der Waals surface area (Å²) in [6.45, 7) is 0. The van der Waals surface area contributed by atoms with Crippen LogP contribution in [-0.2, 0) is 15.1 Å². The summed E-state index contributed by atoms with van der Waals surface area (Å²) in [6.07, 6.45) is 3.41. The molecule has 0 amide bonds. The standard InChI is InChI=1S/C11H11BrN2O2/c1-16-10(15)11(6-7-13-14-11)8-4-2-3-5-9(8)12/h2-7,13-14H,1H3. The number of hydrogen-bond acceptors (Lipinski definition) is 4. The smallest absolute Gasteiger partial charge is 0.336 e. The Morgan fingerprint density at radius 1 is 1.44 bits per heavy atom. The molecule has 2 N–H and O–H groups in total. The molecule has 1 aliphatic rings. The molecule has 4 nitrogen and oxygen atoms in total. The number of hydrazine groups is 1. The zero-order chi connectivity index (χ0) is 11.6. The van der Waals surface area contributed by atoms with E-state index < -0.39 is 5.54 Å². The molecule has 1 aromatic rings. The molecule has 5 heteroatoms. The number of hydrogen-bond donors (Lipinski definition) is 2. The summed E-state index contributed by atoms with van der Waals surface area (Å²) in [4.78, 5) is 11.9. The lowest BCUT2D eigenvalue weighted by atomic mass is 9.91. The average Bonchev–Trinajstić information content (AvgIpc) is 2.79. The highest BCUT2D eigenvalue weighted by molar-refractivity contribution is 9.10. The van der Waals surface area contributed by atoms with Crippen molar-refractivity contribution in [3.63, 3.8) is 0 Å². The maximum absolute atomic E-state index is 11.9. The highest BCUT2D eigenvalue weighted by Crippen LogP contribution is 2.31. The van der Waals surface area contributed by atoms with Crippen molar-refractivity contribution in [3.05, 3.63) is 46.6 Å². The van der Waals surface area contributed by atoms with Gasteiger partial charge in [0.15, 0.2) is 5.54 Å². The summed E-state index contributed by atoms with van der Waals surface area (Å²) in [6, 6.07) is 7.52. The number of ether oxygens (including phenoxy) is 1. The Hall–Kier alpha value is -1.33. The molecule has 0 aromatic heterocycles. The van der Waals surface area contributed by atoms with Crippen LogP contribution < -0.4 is 10.9 Å². The maximum atomic E-state index is 11.9. The SMILES string of the molecule is COC(=O)C1(c2ccccc2Br)C=CNN1. The first kappa shape index (κ1) is 11.2. The molecule has 0 fully saturated rings. The van der Waals surface area contributed by atoms with Crippen molar-refractivity contribution >= 4 is 21.9 Å². The second kappa shape index (κ2) is 4.27. The minimum absolute atomic E-state index is 0.361. The van der Waals surface area contributed by atoms with Crippen LogP contribution in [0, 0.1) is 0 Å². The first-order valence-electron chi connectivity index (χ1n) is 4.74. The van der Waals surface area contributed by atoms with Crippen LogP contribution in [0.25, 0.3) is 0 Å². The normalized spacial score (nSPS) is 22.9. The summed E-state index contributed by atoms with van der Waals surface area (Å²) < 4.78 is 5.68. The van der Waals surface area contributed by atoms with Gasteiger partial charge in [-0.1, -0.05) is 34.1 Å². The predicted octanol–water partition coefficient (Wildman–Crippen LogP) is 1.44. The number of esters is 1. The minimum Gasteiger partial charge on any atom is -0.467 e. The third-order valence-electron chi connectivity index (χ3n) is 2.49. The molecular weight excluding hydrogens is 272 g/mol. The van der Waals surface area contributed by atoms with Gasteiger partial charge in [-0.2, -0.15) is 0 Å². The van der Waals surface area contributed by atoms with Gasteiger partial charge in [0.2, 0.25) is 0 Å². The number of methoxy groups -OCH3 is 1. The molecule has 1 atom stereocenters. The third-order valence-corrected chi connectivity index (χ3v) is 3.18. The molecule has 1 aliphatic heterocycles.